The van der Waals surface area contributed by atoms with Gasteiger partial charge in [0.2, 0.25) is 0 Å². The van der Waals surface area contributed by atoms with Crippen molar-refractivity contribution in [1.82, 2.24) is 10.3 Å². The molecule has 170 valence electrons. The van der Waals surface area contributed by atoms with Crippen LogP contribution in [0.4, 0.5) is 5.69 Å². The molecular formula is C23H22N4O6. The molecular weight excluding hydrogens is 428 g/mol. The number of nitro groups is 1. The summed E-state index contributed by atoms with van der Waals surface area (Å²) in [4.78, 5) is 26.2. The molecule has 3 rings (SSSR count). The number of nitro benzene ring substituents is 1. The maximum Gasteiger partial charge on any atom is 0.333 e. The Kier molecular flexibility index (Phi) is 7.53. The fourth-order valence-corrected chi connectivity index (χ4v) is 2.98. The van der Waals surface area contributed by atoms with Crippen molar-refractivity contribution in [2.75, 3.05) is 20.3 Å². The summed E-state index contributed by atoms with van der Waals surface area (Å²) >= 11 is 0. The van der Waals surface area contributed by atoms with Crippen molar-refractivity contribution in [3.63, 3.8) is 0 Å². The Hall–Kier alpha value is -4.47. The topological polar surface area (TPSA) is 131 Å². The molecule has 1 N–H and O–H groups in total. The minimum Gasteiger partial charge on any atom is -0.710 e. The van der Waals surface area contributed by atoms with Crippen LogP contribution < -0.4 is 19.5 Å². The van der Waals surface area contributed by atoms with Crippen LogP contribution in [0, 0.1) is 15.3 Å². The summed E-state index contributed by atoms with van der Waals surface area (Å²) in [5.41, 5.74) is 1.23. The van der Waals surface area contributed by atoms with Crippen LogP contribution in [0.5, 0.6) is 11.5 Å². The van der Waals surface area contributed by atoms with E-state index in [1.165, 1.54) is 37.6 Å². The van der Waals surface area contributed by atoms with Gasteiger partial charge in [0.1, 0.15) is 11.9 Å². The average Bonchev–Trinajstić information content (AvgIpc) is 2.82. The van der Waals surface area contributed by atoms with Crippen LogP contribution in [-0.2, 0) is 4.79 Å². The van der Waals surface area contributed by atoms with Crippen LogP contribution >= 0.6 is 0 Å². The zero-order valence-electron chi connectivity index (χ0n) is 18.1. The highest BCUT2D eigenvalue weighted by molar-refractivity contribution is 5.77. The smallest absolute Gasteiger partial charge is 0.333 e. The zero-order chi connectivity index (χ0) is 23.8. The third kappa shape index (κ3) is 5.82. The van der Waals surface area contributed by atoms with Gasteiger partial charge in [-0.15, -0.1) is 0 Å². The Morgan fingerprint density at radius 2 is 2.00 bits per heavy atom. The molecule has 1 heterocycles. The number of hydrogen-bond donors (Lipinski definition) is 1. The first-order chi connectivity index (χ1) is 15.9. The molecule has 0 saturated carbocycles. The minimum absolute atomic E-state index is 0.0486. The number of nitrogens with one attached hydrogen (secondary N) is 1. The molecule has 1 amide bonds. The first kappa shape index (κ1) is 23.2. The van der Waals surface area contributed by atoms with Gasteiger partial charge in [-0.3, -0.25) is 14.9 Å². The number of nitrogens with zero attached hydrogens (tertiary/aromatic N) is 3. The lowest BCUT2D eigenvalue weighted by atomic mass is 10.1. The van der Waals surface area contributed by atoms with Gasteiger partial charge >= 0.3 is 5.82 Å². The molecule has 0 spiro atoms. The second-order valence-corrected chi connectivity index (χ2v) is 6.78. The van der Waals surface area contributed by atoms with Gasteiger partial charge in [-0.2, -0.15) is 0 Å². The van der Waals surface area contributed by atoms with Gasteiger partial charge < -0.3 is 20.0 Å². The molecule has 3 aromatic rings. The van der Waals surface area contributed by atoms with Crippen molar-refractivity contribution in [2.45, 2.75) is 6.92 Å². The van der Waals surface area contributed by atoms with E-state index >= 15 is 0 Å². The normalized spacial score (nSPS) is 10.7. The van der Waals surface area contributed by atoms with Crippen LogP contribution in [0.15, 0.2) is 54.7 Å². The summed E-state index contributed by atoms with van der Waals surface area (Å²) < 4.78 is 11.4. The summed E-state index contributed by atoms with van der Waals surface area (Å²) in [6.07, 6.45) is 4.76. The van der Waals surface area contributed by atoms with Gasteiger partial charge in [-0.1, -0.05) is 18.2 Å². The lowest BCUT2D eigenvalue weighted by Gasteiger charge is -2.11. The van der Waals surface area contributed by atoms with Gasteiger partial charge in [0.15, 0.2) is 18.1 Å². The highest BCUT2D eigenvalue weighted by atomic mass is 16.6. The predicted molar refractivity (Wildman–Crippen MR) is 121 cm³/mol. The molecule has 0 bridgehead atoms. The van der Waals surface area contributed by atoms with E-state index in [0.29, 0.717) is 34.0 Å². The van der Waals surface area contributed by atoms with Crippen molar-refractivity contribution in [3.8, 4) is 22.9 Å². The van der Waals surface area contributed by atoms with Crippen LogP contribution in [0.25, 0.3) is 23.5 Å². The van der Waals surface area contributed by atoms with E-state index in [1.807, 2.05) is 6.92 Å². The van der Waals surface area contributed by atoms with Crippen molar-refractivity contribution in [3.05, 3.63) is 81.3 Å². The highest BCUT2D eigenvalue weighted by Gasteiger charge is 2.16. The fraction of sp³-hybridized carbons (Fsp3) is 0.174. The van der Waals surface area contributed by atoms with Crippen LogP contribution in [-0.4, -0.2) is 36.1 Å². The monoisotopic (exact) mass is 450 g/mol. The number of aromatic nitrogens is 2. The van der Waals surface area contributed by atoms with E-state index < -0.39 is 4.92 Å². The van der Waals surface area contributed by atoms with Crippen molar-refractivity contribution < 1.29 is 23.9 Å². The van der Waals surface area contributed by atoms with Crippen LogP contribution in [0.3, 0.4) is 0 Å². The largest absolute Gasteiger partial charge is 0.710 e. The lowest BCUT2D eigenvalue weighted by Crippen LogP contribution is -2.33. The Bertz CT molecular complexity index is 1200. The molecule has 0 fully saturated rings. The first-order valence-electron chi connectivity index (χ1n) is 10.0. The van der Waals surface area contributed by atoms with E-state index in [0.717, 1.165) is 5.56 Å². The van der Waals surface area contributed by atoms with Crippen LogP contribution in [0.2, 0.25) is 0 Å². The standard InChI is InChI=1S/C23H22N4O6/c1-3-24-22(28)15-33-20-10-8-16(13-21(20)32-2)7-9-18-11-12-25-23(26(18)29)17-5-4-6-19(14-17)27(30)31/h4-14H,3,15H2,1-2H3,(H,24,28)/b9-7+. The molecule has 0 aliphatic rings. The molecule has 2 aromatic carbocycles. The fourth-order valence-electron chi connectivity index (χ4n) is 2.98. The summed E-state index contributed by atoms with van der Waals surface area (Å²) in [6.45, 7) is 2.20. The molecule has 0 aliphatic heterocycles. The molecule has 1 aromatic heterocycles. The number of carbonyl (C=O) groups is 1. The second kappa shape index (κ2) is 10.7. The summed E-state index contributed by atoms with van der Waals surface area (Å²) in [5, 5.41) is 26.5. The second-order valence-electron chi connectivity index (χ2n) is 6.78. The number of methoxy groups -OCH3 is 1. The van der Waals surface area contributed by atoms with Crippen LogP contribution in [0.1, 0.15) is 18.2 Å². The number of benzene rings is 2. The van der Waals surface area contributed by atoms with E-state index in [1.54, 1.807) is 36.4 Å². The maximum atomic E-state index is 12.8. The molecule has 10 nitrogen and oxygen atoms in total. The summed E-state index contributed by atoms with van der Waals surface area (Å²) in [6, 6.07) is 12.4. The van der Waals surface area contributed by atoms with E-state index in [-0.39, 0.29) is 24.0 Å². The average molecular weight is 450 g/mol. The number of non-ortho nitro benzene ring substituents is 1. The highest BCUT2D eigenvalue weighted by Crippen LogP contribution is 2.29. The molecule has 33 heavy (non-hydrogen) atoms. The first-order valence-corrected chi connectivity index (χ1v) is 10.0. The molecule has 0 unspecified atom stereocenters. The zero-order valence-corrected chi connectivity index (χ0v) is 18.1. The molecule has 10 heteroatoms. The van der Waals surface area contributed by atoms with Gasteiger partial charge in [0.05, 0.1) is 17.6 Å². The van der Waals surface area contributed by atoms with E-state index in [9.17, 15) is 20.1 Å². The van der Waals surface area contributed by atoms with Gasteiger partial charge in [0, 0.05) is 24.7 Å². The minimum atomic E-state index is -0.528. The number of amides is 1. The number of rotatable bonds is 9. The predicted octanol–water partition coefficient (Wildman–Crippen LogP) is 2.98. The molecule has 0 atom stereocenters. The number of carbonyl (C=O) groups excluding carboxylic acids is 1. The SMILES string of the molecule is CCNC(=O)COc1ccc(/C=C/c2ccnc(-c3cccc([N+](=O)[O-])c3)[n+]2[O-])cc1OC. The van der Waals surface area contributed by atoms with Gasteiger partial charge in [-0.25, -0.2) is 4.73 Å². The van der Waals surface area contributed by atoms with Crippen molar-refractivity contribution in [2.24, 2.45) is 0 Å². The van der Waals surface area contributed by atoms with E-state index in [2.05, 4.69) is 10.3 Å². The Labute approximate surface area is 189 Å². The third-order valence-corrected chi connectivity index (χ3v) is 4.55. The van der Waals surface area contributed by atoms with Gasteiger partial charge in [-0.05, 0) is 41.7 Å². The number of ether oxygens (including phenoxy) is 2. The Morgan fingerprint density at radius 1 is 1.18 bits per heavy atom. The quantitative estimate of drug-likeness (QED) is 0.229. The third-order valence-electron chi connectivity index (χ3n) is 4.55. The maximum absolute atomic E-state index is 12.8. The number of hydrogen-bond acceptors (Lipinski definition) is 7. The molecule has 0 aliphatic carbocycles. The summed E-state index contributed by atoms with van der Waals surface area (Å²) in [7, 11) is 1.49. The summed E-state index contributed by atoms with van der Waals surface area (Å²) in [5.74, 6) is 0.661. The van der Waals surface area contributed by atoms with Crippen molar-refractivity contribution >= 4 is 23.7 Å². The van der Waals surface area contributed by atoms with Gasteiger partial charge in [0.25, 0.3) is 11.6 Å². The molecule has 0 saturated heterocycles. The molecule has 0 radical (unpaired) electrons. The van der Waals surface area contributed by atoms with Crippen molar-refractivity contribution in [1.29, 1.82) is 0 Å². The Balaban J connectivity index is 1.82. The van der Waals surface area contributed by atoms with E-state index in [4.69, 9.17) is 9.47 Å². The number of likely N-dealkylation sites (N-methyl/N-ethyl adjacent to an activating group) is 1. The lowest BCUT2D eigenvalue weighted by molar-refractivity contribution is -0.598. The Morgan fingerprint density at radius 3 is 2.73 bits per heavy atom.